The third kappa shape index (κ3) is 61.7. The fourth-order valence-corrected chi connectivity index (χ4v) is 10.4. The maximum Gasteiger partial charge on any atom is 0.306 e. The van der Waals surface area contributed by atoms with Crippen LogP contribution in [0.15, 0.2) is 85.1 Å². The van der Waals surface area contributed by atoms with Crippen LogP contribution in [0, 0.1) is 0 Å². The first-order chi connectivity index (χ1) is 39.9. The summed E-state index contributed by atoms with van der Waals surface area (Å²) >= 11 is 0. The summed E-state index contributed by atoms with van der Waals surface area (Å²) in [6.07, 6.45) is 81.2. The van der Waals surface area contributed by atoms with Crippen LogP contribution >= 0.6 is 7.82 Å². The summed E-state index contributed by atoms with van der Waals surface area (Å²) in [5.41, 5.74) is 0. The molecule has 0 spiro atoms. The number of carbonyl (C=O) groups is 2. The van der Waals surface area contributed by atoms with E-state index < -0.39 is 26.6 Å². The zero-order valence-electron chi connectivity index (χ0n) is 54.4. The van der Waals surface area contributed by atoms with E-state index in [1.807, 2.05) is 33.3 Å². The Labute approximate surface area is 507 Å². The Bertz CT molecular complexity index is 1680. The van der Waals surface area contributed by atoms with E-state index in [9.17, 15) is 19.0 Å². The van der Waals surface area contributed by atoms with Gasteiger partial charge in [0.25, 0.3) is 7.82 Å². The highest BCUT2D eigenvalue weighted by Gasteiger charge is 2.27. The molecule has 0 aromatic carbocycles. The number of esters is 1. The molecule has 0 aromatic rings. The number of quaternary nitrogens is 1. The Kier molecular flexibility index (Phi) is 59.2. The first-order valence-corrected chi connectivity index (χ1v) is 35.9. The van der Waals surface area contributed by atoms with E-state index in [1.165, 1.54) is 173 Å². The van der Waals surface area contributed by atoms with E-state index in [1.54, 1.807) is 0 Å². The monoisotopic (exact) mass is 1170 g/mol. The van der Waals surface area contributed by atoms with Gasteiger partial charge >= 0.3 is 5.97 Å². The van der Waals surface area contributed by atoms with Crippen molar-refractivity contribution in [3.8, 4) is 0 Å². The second-order valence-corrected chi connectivity index (χ2v) is 25.7. The highest BCUT2D eigenvalue weighted by atomic mass is 31.2. The molecule has 0 bridgehead atoms. The second kappa shape index (κ2) is 61.3. The van der Waals surface area contributed by atoms with E-state index in [-0.39, 0.29) is 24.9 Å². The molecule has 0 rings (SSSR count). The predicted molar refractivity (Wildman–Crippen MR) is 353 cm³/mol. The molecule has 0 heterocycles. The number of ether oxygens (including phenoxy) is 1. The van der Waals surface area contributed by atoms with Gasteiger partial charge in [-0.05, 0) is 109 Å². The fourth-order valence-electron chi connectivity index (χ4n) is 9.71. The molecule has 0 saturated carbocycles. The Morgan fingerprint density at radius 2 is 0.744 bits per heavy atom. The zero-order valence-corrected chi connectivity index (χ0v) is 55.3. The molecule has 476 valence electrons. The number of carbonyl (C=O) groups excluding carboxylic acids is 2. The number of nitrogens with one attached hydrogen (secondary N) is 1. The number of allylic oxidation sites excluding steroid dienone is 13. The smallest absolute Gasteiger partial charge is 0.306 e. The minimum Gasteiger partial charge on any atom is -0.756 e. The average Bonchev–Trinajstić information content (AvgIpc) is 3.44. The van der Waals surface area contributed by atoms with Crippen molar-refractivity contribution in [2.75, 3.05) is 40.9 Å². The van der Waals surface area contributed by atoms with Gasteiger partial charge in [-0.15, -0.1) is 0 Å². The summed E-state index contributed by atoms with van der Waals surface area (Å²) < 4.78 is 30.4. The molecule has 1 N–H and O–H groups in total. The van der Waals surface area contributed by atoms with E-state index in [0.29, 0.717) is 23.9 Å². The van der Waals surface area contributed by atoms with Gasteiger partial charge in [0.2, 0.25) is 5.91 Å². The summed E-state index contributed by atoms with van der Waals surface area (Å²) in [6, 6.07) is -0.901. The van der Waals surface area contributed by atoms with Crippen LogP contribution < -0.4 is 10.2 Å². The lowest BCUT2D eigenvalue weighted by molar-refractivity contribution is -0.870. The first-order valence-electron chi connectivity index (χ1n) is 34.4. The summed E-state index contributed by atoms with van der Waals surface area (Å²) in [5, 5.41) is 3.04. The molecule has 0 aliphatic carbocycles. The molecule has 0 aliphatic heterocycles. The molecule has 3 unspecified atom stereocenters. The Morgan fingerprint density at radius 3 is 1.13 bits per heavy atom. The number of amides is 1. The van der Waals surface area contributed by atoms with Gasteiger partial charge in [0, 0.05) is 12.8 Å². The number of phosphoric ester groups is 1. The summed E-state index contributed by atoms with van der Waals surface area (Å²) in [5.74, 6) is -0.558. The van der Waals surface area contributed by atoms with Crippen molar-refractivity contribution in [1.29, 1.82) is 0 Å². The van der Waals surface area contributed by atoms with Crippen LogP contribution in [0.1, 0.15) is 310 Å². The molecule has 1 amide bonds. The lowest BCUT2D eigenvalue weighted by Crippen LogP contribution is -2.47. The lowest BCUT2D eigenvalue weighted by atomic mass is 10.0. The maximum absolute atomic E-state index is 13.6. The number of rotatable bonds is 62. The predicted octanol–water partition coefficient (Wildman–Crippen LogP) is 21.1. The third-order valence-corrected chi connectivity index (χ3v) is 16.0. The maximum atomic E-state index is 13.6. The molecule has 0 radical (unpaired) electrons. The van der Waals surface area contributed by atoms with Crippen molar-refractivity contribution < 1.29 is 37.3 Å². The van der Waals surface area contributed by atoms with Gasteiger partial charge < -0.3 is 28.5 Å². The standard InChI is InChI=1S/C72H131N2O7P/c1-7-10-13-16-19-22-25-28-30-32-34-36-37-39-40-42-44-46-49-52-55-58-61-64-71(75)73-69(68-80-82(77,78)79-67-66-74(4,5)6)70(63-60-57-54-51-48-27-24-21-18-15-12-9-3)81-72(76)65-62-59-56-53-50-47-45-43-41-38-35-33-31-29-26-23-20-17-14-11-8-2/h19-20,22-23,28-31,35,38,43,45,60,63,69-70H,7-18,21,24-27,32-34,36-37,39-42,44,46-59,61-62,64-68H2,1-6H3,(H-,73,75,77,78)/b22-19-,23-20-,30-28-,31-29-,38-35-,45-43-,63-60+. The van der Waals surface area contributed by atoms with Crippen molar-refractivity contribution in [3.05, 3.63) is 85.1 Å². The molecule has 0 aliphatic rings. The molecule has 0 saturated heterocycles. The minimum absolute atomic E-state index is 0.0282. The largest absolute Gasteiger partial charge is 0.756 e. The van der Waals surface area contributed by atoms with E-state index in [2.05, 4.69) is 99.0 Å². The first kappa shape index (κ1) is 79.2. The van der Waals surface area contributed by atoms with Gasteiger partial charge in [-0.25, -0.2) is 0 Å². The van der Waals surface area contributed by atoms with Crippen molar-refractivity contribution in [1.82, 2.24) is 5.32 Å². The summed E-state index contributed by atoms with van der Waals surface area (Å²) in [4.78, 5) is 40.1. The molecular formula is C72H131N2O7P. The number of hydrogen-bond acceptors (Lipinski definition) is 7. The van der Waals surface area contributed by atoms with E-state index in [4.69, 9.17) is 13.8 Å². The van der Waals surface area contributed by atoms with Gasteiger partial charge in [0.05, 0.1) is 33.8 Å². The molecule has 3 atom stereocenters. The molecule has 10 heteroatoms. The summed E-state index contributed by atoms with van der Waals surface area (Å²) in [7, 11) is 1.17. The SMILES string of the molecule is CCCCC/C=C\C/C=C\C/C=C\C/C=C\CCCCCCCC(=O)OC(/C=C/CCCCCCCCCCCC)C(COP(=O)([O-])OCC[N+](C)(C)C)NC(=O)CCCCCCCCCCCCCCC/C=C\C/C=C\CCCCC. The topological polar surface area (TPSA) is 114 Å². The number of hydrogen-bond donors (Lipinski definition) is 1. The quantitative estimate of drug-likeness (QED) is 0.0212. The van der Waals surface area contributed by atoms with Crippen molar-refractivity contribution in [2.24, 2.45) is 0 Å². The highest BCUT2D eigenvalue weighted by molar-refractivity contribution is 7.45. The Hall–Kier alpha value is -2.81. The normalized spacial score (nSPS) is 14.1. The van der Waals surface area contributed by atoms with Crippen LogP contribution in [0.2, 0.25) is 0 Å². The lowest BCUT2D eigenvalue weighted by Gasteiger charge is -2.30. The van der Waals surface area contributed by atoms with Crippen LogP contribution in [-0.4, -0.2) is 69.4 Å². The Balaban J connectivity index is 5.16. The minimum atomic E-state index is -4.71. The number of nitrogens with zero attached hydrogens (tertiary/aromatic N) is 1. The highest BCUT2D eigenvalue weighted by Crippen LogP contribution is 2.38. The van der Waals surface area contributed by atoms with Crippen LogP contribution in [0.25, 0.3) is 0 Å². The molecule has 82 heavy (non-hydrogen) atoms. The van der Waals surface area contributed by atoms with Crippen molar-refractivity contribution in [2.45, 2.75) is 322 Å². The van der Waals surface area contributed by atoms with Gasteiger partial charge in [0.15, 0.2) is 0 Å². The summed E-state index contributed by atoms with van der Waals surface area (Å²) in [6.45, 7) is 6.80. The third-order valence-electron chi connectivity index (χ3n) is 15.0. The van der Waals surface area contributed by atoms with Crippen LogP contribution in [0.5, 0.6) is 0 Å². The van der Waals surface area contributed by atoms with Gasteiger partial charge in [0.1, 0.15) is 19.3 Å². The molecule has 0 fully saturated rings. The van der Waals surface area contributed by atoms with E-state index in [0.717, 1.165) is 96.3 Å². The molecule has 9 nitrogen and oxygen atoms in total. The molecular weight excluding hydrogens is 1040 g/mol. The van der Waals surface area contributed by atoms with Crippen molar-refractivity contribution >= 4 is 19.7 Å². The van der Waals surface area contributed by atoms with Crippen LogP contribution in [0.4, 0.5) is 0 Å². The van der Waals surface area contributed by atoms with Crippen LogP contribution in [-0.2, 0) is 27.9 Å². The average molecular weight is 1170 g/mol. The number of likely N-dealkylation sites (N-methyl/N-ethyl adjacent to an activating group) is 1. The Morgan fingerprint density at radius 1 is 0.427 bits per heavy atom. The van der Waals surface area contributed by atoms with E-state index >= 15 is 0 Å². The zero-order chi connectivity index (χ0) is 60.0. The van der Waals surface area contributed by atoms with Gasteiger partial charge in [-0.1, -0.05) is 273 Å². The van der Waals surface area contributed by atoms with Gasteiger partial charge in [-0.2, -0.15) is 0 Å². The molecule has 0 aromatic heterocycles. The number of phosphoric acid groups is 1. The van der Waals surface area contributed by atoms with Crippen molar-refractivity contribution in [3.63, 3.8) is 0 Å². The van der Waals surface area contributed by atoms with Gasteiger partial charge in [-0.3, -0.25) is 14.2 Å². The second-order valence-electron chi connectivity index (χ2n) is 24.3. The number of unbranched alkanes of at least 4 members (excludes halogenated alkanes) is 34. The fraction of sp³-hybridized carbons (Fsp3) is 0.778. The van der Waals surface area contributed by atoms with Crippen LogP contribution in [0.3, 0.4) is 0 Å².